The van der Waals surface area contributed by atoms with E-state index in [0.717, 1.165) is 0 Å². The molecule has 6 heteroatoms. The van der Waals surface area contributed by atoms with Crippen molar-refractivity contribution in [2.45, 2.75) is 6.42 Å². The summed E-state index contributed by atoms with van der Waals surface area (Å²) in [4.78, 5) is 21.5. The minimum absolute atomic E-state index is 0.288. The van der Waals surface area contributed by atoms with E-state index in [1.807, 2.05) is 10.9 Å². The van der Waals surface area contributed by atoms with Gasteiger partial charge in [0.2, 0.25) is 11.8 Å². The molecule has 6 N–H and O–H groups in total. The number of amides is 2. The number of carbonyl (C=O) groups is 2. The molecular formula is C5H10N4O2. The van der Waals surface area contributed by atoms with Crippen molar-refractivity contribution in [2.75, 3.05) is 0 Å². The van der Waals surface area contributed by atoms with E-state index in [9.17, 15) is 9.59 Å². The van der Waals surface area contributed by atoms with Gasteiger partial charge in [0.15, 0.2) is 0 Å². The van der Waals surface area contributed by atoms with E-state index in [1.165, 1.54) is 0 Å². The fourth-order valence-corrected chi connectivity index (χ4v) is 0.989. The van der Waals surface area contributed by atoms with Gasteiger partial charge in [-0.25, -0.2) is 11.7 Å². The largest absolute Gasteiger partial charge is 0.294 e. The van der Waals surface area contributed by atoms with Crippen molar-refractivity contribution in [3.05, 3.63) is 0 Å². The van der Waals surface area contributed by atoms with Gasteiger partial charge in [0.25, 0.3) is 0 Å². The topological polar surface area (TPSA) is 110 Å². The van der Waals surface area contributed by atoms with Crippen molar-refractivity contribution < 1.29 is 9.59 Å². The summed E-state index contributed by atoms with van der Waals surface area (Å²) in [6.07, 6.45) is 0.534. The molecule has 0 heterocycles. The summed E-state index contributed by atoms with van der Waals surface area (Å²) in [5.41, 5.74) is 3.95. The number of nitrogens with one attached hydrogen (secondary N) is 2. The quantitative estimate of drug-likeness (QED) is 0.204. The minimum atomic E-state index is -0.307. The molecule has 0 aromatic heterocycles. The summed E-state index contributed by atoms with van der Waals surface area (Å²) in [6.45, 7) is 0. The Morgan fingerprint density at radius 3 is 1.73 bits per heavy atom. The molecule has 0 saturated heterocycles. The summed E-state index contributed by atoms with van der Waals surface area (Å²) >= 11 is 0. The molecule has 1 aliphatic carbocycles. The first-order chi connectivity index (χ1) is 5.20. The monoisotopic (exact) mass is 158 g/mol. The van der Waals surface area contributed by atoms with Crippen LogP contribution < -0.4 is 22.5 Å². The molecular weight excluding hydrogens is 148 g/mol. The number of hydrogen-bond donors (Lipinski definition) is 4. The average Bonchev–Trinajstić information content (AvgIpc) is 2.80. The number of rotatable bonds is 2. The third kappa shape index (κ3) is 1.47. The zero-order valence-electron chi connectivity index (χ0n) is 5.83. The van der Waals surface area contributed by atoms with Crippen molar-refractivity contribution >= 4 is 11.8 Å². The third-order valence-corrected chi connectivity index (χ3v) is 1.75. The molecule has 0 unspecified atom stereocenters. The zero-order valence-corrected chi connectivity index (χ0v) is 5.83. The summed E-state index contributed by atoms with van der Waals surface area (Å²) in [5, 5.41) is 0. The molecule has 1 rings (SSSR count). The van der Waals surface area contributed by atoms with Gasteiger partial charge < -0.3 is 0 Å². The van der Waals surface area contributed by atoms with E-state index in [4.69, 9.17) is 11.7 Å². The van der Waals surface area contributed by atoms with Crippen LogP contribution in [0.2, 0.25) is 0 Å². The molecule has 1 aliphatic rings. The highest BCUT2D eigenvalue weighted by Crippen LogP contribution is 2.38. The molecule has 0 bridgehead atoms. The van der Waals surface area contributed by atoms with Crippen molar-refractivity contribution in [1.82, 2.24) is 10.9 Å². The molecule has 11 heavy (non-hydrogen) atoms. The van der Waals surface area contributed by atoms with E-state index in [1.54, 1.807) is 0 Å². The van der Waals surface area contributed by atoms with Crippen LogP contribution >= 0.6 is 0 Å². The van der Waals surface area contributed by atoms with Crippen molar-refractivity contribution in [2.24, 2.45) is 23.5 Å². The van der Waals surface area contributed by atoms with Gasteiger partial charge in [-0.3, -0.25) is 20.4 Å². The Morgan fingerprint density at radius 1 is 1.09 bits per heavy atom. The molecule has 62 valence electrons. The third-order valence-electron chi connectivity index (χ3n) is 1.75. The average molecular weight is 158 g/mol. The lowest BCUT2D eigenvalue weighted by Gasteiger charge is -1.96. The smallest absolute Gasteiger partial charge is 0.237 e. The summed E-state index contributed by atoms with van der Waals surface area (Å²) < 4.78 is 0. The second-order valence-electron chi connectivity index (χ2n) is 2.47. The Hall–Kier alpha value is -1.14. The van der Waals surface area contributed by atoms with Crippen LogP contribution in [-0.2, 0) is 9.59 Å². The molecule has 0 spiro atoms. The number of nitrogens with two attached hydrogens (primary N) is 2. The predicted molar refractivity (Wildman–Crippen MR) is 36.3 cm³/mol. The van der Waals surface area contributed by atoms with Crippen LogP contribution in [0.1, 0.15) is 6.42 Å². The van der Waals surface area contributed by atoms with Crippen LogP contribution in [0.3, 0.4) is 0 Å². The van der Waals surface area contributed by atoms with Gasteiger partial charge in [-0.1, -0.05) is 0 Å². The van der Waals surface area contributed by atoms with E-state index in [0.29, 0.717) is 6.42 Å². The van der Waals surface area contributed by atoms with Gasteiger partial charge in [0, 0.05) is 0 Å². The van der Waals surface area contributed by atoms with Gasteiger partial charge in [-0.2, -0.15) is 0 Å². The highest BCUT2D eigenvalue weighted by atomic mass is 16.2. The molecule has 6 nitrogen and oxygen atoms in total. The summed E-state index contributed by atoms with van der Waals surface area (Å²) in [6, 6.07) is 0. The maximum Gasteiger partial charge on any atom is 0.237 e. The maximum absolute atomic E-state index is 10.7. The standard InChI is InChI=1S/C5H10N4O2/c6-8-4(10)2-1-3(2)5(11)9-7/h2-3H,1,6-7H2,(H,8,10)(H,9,11)/t2-,3-/m0/s1. The van der Waals surface area contributed by atoms with E-state index >= 15 is 0 Å². The Balaban J connectivity index is 2.37. The van der Waals surface area contributed by atoms with Crippen LogP contribution in [0.4, 0.5) is 0 Å². The lowest BCUT2D eigenvalue weighted by atomic mass is 10.3. The highest BCUT2D eigenvalue weighted by Gasteiger charge is 2.47. The normalized spacial score (nSPS) is 27.5. The fourth-order valence-electron chi connectivity index (χ4n) is 0.989. The first-order valence-corrected chi connectivity index (χ1v) is 3.21. The van der Waals surface area contributed by atoms with Gasteiger partial charge in [-0.05, 0) is 6.42 Å². The van der Waals surface area contributed by atoms with Crippen LogP contribution in [0, 0.1) is 11.8 Å². The first kappa shape index (κ1) is 7.96. The number of hydrazine groups is 2. The lowest BCUT2D eigenvalue weighted by Crippen LogP contribution is -2.36. The van der Waals surface area contributed by atoms with Gasteiger partial charge in [-0.15, -0.1) is 0 Å². The van der Waals surface area contributed by atoms with Gasteiger partial charge in [0.05, 0.1) is 11.8 Å². The van der Waals surface area contributed by atoms with Gasteiger partial charge >= 0.3 is 0 Å². The minimum Gasteiger partial charge on any atom is -0.294 e. The second-order valence-corrected chi connectivity index (χ2v) is 2.47. The van der Waals surface area contributed by atoms with Gasteiger partial charge in [0.1, 0.15) is 0 Å². The molecule has 0 aromatic carbocycles. The fraction of sp³-hybridized carbons (Fsp3) is 0.600. The molecule has 0 radical (unpaired) electrons. The summed E-state index contributed by atoms with van der Waals surface area (Å²) in [5.74, 6) is 8.52. The zero-order chi connectivity index (χ0) is 8.43. The molecule has 0 aliphatic heterocycles. The van der Waals surface area contributed by atoms with Crippen LogP contribution in [0.25, 0.3) is 0 Å². The van der Waals surface area contributed by atoms with Crippen molar-refractivity contribution in [1.29, 1.82) is 0 Å². The Kier molecular flexibility index (Phi) is 2.06. The second kappa shape index (κ2) is 2.85. The van der Waals surface area contributed by atoms with Crippen LogP contribution in [0.15, 0.2) is 0 Å². The molecule has 2 atom stereocenters. The Morgan fingerprint density at radius 2 is 1.45 bits per heavy atom. The SMILES string of the molecule is NNC(=O)[C@H]1C[C@@H]1C(=O)NN. The lowest BCUT2D eigenvalue weighted by molar-refractivity contribution is -0.127. The van der Waals surface area contributed by atoms with E-state index in [-0.39, 0.29) is 23.7 Å². The molecule has 1 saturated carbocycles. The Bertz CT molecular complexity index is 173. The highest BCUT2D eigenvalue weighted by molar-refractivity contribution is 5.91. The van der Waals surface area contributed by atoms with Crippen molar-refractivity contribution in [3.63, 3.8) is 0 Å². The molecule has 0 aromatic rings. The first-order valence-electron chi connectivity index (χ1n) is 3.21. The van der Waals surface area contributed by atoms with E-state index in [2.05, 4.69) is 0 Å². The summed E-state index contributed by atoms with van der Waals surface area (Å²) in [7, 11) is 0. The molecule has 2 amide bonds. The van der Waals surface area contributed by atoms with Crippen LogP contribution in [-0.4, -0.2) is 11.8 Å². The van der Waals surface area contributed by atoms with Crippen LogP contribution in [0.5, 0.6) is 0 Å². The predicted octanol–water partition coefficient (Wildman–Crippen LogP) is -2.40. The molecule has 1 fully saturated rings. The maximum atomic E-state index is 10.7. The number of carbonyl (C=O) groups excluding carboxylic acids is 2. The van der Waals surface area contributed by atoms with Crippen molar-refractivity contribution in [3.8, 4) is 0 Å². The Labute approximate surface area is 63.2 Å². The number of hydrogen-bond acceptors (Lipinski definition) is 4. The van der Waals surface area contributed by atoms with E-state index < -0.39 is 0 Å².